The first-order valence-corrected chi connectivity index (χ1v) is 15.8. The molecule has 1 aromatic carbocycles. The molecule has 2 heterocycles. The Morgan fingerprint density at radius 1 is 1.12 bits per heavy atom. The van der Waals surface area contributed by atoms with Gasteiger partial charge in [-0.3, -0.25) is 18.9 Å². The van der Waals surface area contributed by atoms with Crippen molar-refractivity contribution >= 4 is 25.1 Å². The Morgan fingerprint density at radius 3 is 2.60 bits per heavy atom. The van der Waals surface area contributed by atoms with Crippen molar-refractivity contribution in [1.82, 2.24) is 15.5 Å². The molecule has 1 saturated carbocycles. The number of benzene rings is 1. The molecule has 1 saturated heterocycles. The van der Waals surface area contributed by atoms with E-state index in [1.54, 1.807) is 24.3 Å². The Morgan fingerprint density at radius 2 is 1.88 bits per heavy atom. The van der Waals surface area contributed by atoms with Crippen LogP contribution in [-0.4, -0.2) is 57.6 Å². The third-order valence-corrected chi connectivity index (χ3v) is 10.7. The first-order chi connectivity index (χ1) is 18.9. The summed E-state index contributed by atoms with van der Waals surface area (Å²) in [7, 11) is -3.94. The number of hydrogen-bond acceptors (Lipinski definition) is 4. The molecule has 2 unspecified atom stereocenters. The summed E-state index contributed by atoms with van der Waals surface area (Å²) in [6.45, 7) is 0.253. The molecule has 1 aliphatic carbocycles. The lowest BCUT2D eigenvalue weighted by Gasteiger charge is -2.31. The van der Waals surface area contributed by atoms with Gasteiger partial charge >= 0.3 is 6.18 Å². The van der Waals surface area contributed by atoms with Crippen molar-refractivity contribution in [3.8, 4) is 0 Å². The summed E-state index contributed by atoms with van der Waals surface area (Å²) in [4.78, 5) is 52.1. The maximum absolute atomic E-state index is 13.8. The van der Waals surface area contributed by atoms with E-state index in [0.717, 1.165) is 12.8 Å². The third kappa shape index (κ3) is 7.35. The molecule has 5 atom stereocenters. The lowest BCUT2D eigenvalue weighted by atomic mass is 10.0. The quantitative estimate of drug-likeness (QED) is 0.334. The third-order valence-electron chi connectivity index (χ3n) is 8.03. The van der Waals surface area contributed by atoms with Gasteiger partial charge in [0.2, 0.25) is 25.1 Å². The highest BCUT2D eigenvalue weighted by Crippen LogP contribution is 2.71. The summed E-state index contributed by atoms with van der Waals surface area (Å²) >= 11 is 0. The molecule has 8 nitrogen and oxygen atoms in total. The Bertz CT molecular complexity index is 1160. The smallest absolute Gasteiger partial charge is 0.344 e. The van der Waals surface area contributed by atoms with Crippen LogP contribution in [0.2, 0.25) is 0 Å². The number of alkyl halides is 3. The molecule has 3 N–H and O–H groups in total. The summed E-state index contributed by atoms with van der Waals surface area (Å²) in [5.41, 5.74) is 0.684. The number of nitrogens with one attached hydrogen (secondary N) is 2. The van der Waals surface area contributed by atoms with Crippen LogP contribution in [0.25, 0.3) is 0 Å². The summed E-state index contributed by atoms with van der Waals surface area (Å²) in [6, 6.07) is 6.98. The molecule has 4 rings (SSSR count). The number of allylic oxidation sites excluding steroid dienone is 1. The number of amides is 3. The van der Waals surface area contributed by atoms with E-state index in [-0.39, 0.29) is 25.0 Å². The van der Waals surface area contributed by atoms with E-state index in [1.807, 2.05) is 18.2 Å². The zero-order chi connectivity index (χ0) is 29.0. The van der Waals surface area contributed by atoms with Gasteiger partial charge in [-0.1, -0.05) is 55.3 Å². The van der Waals surface area contributed by atoms with Crippen LogP contribution in [0, 0.1) is 5.92 Å². The SMILES string of the molecule is O=C(CCC(F)(F)F)NC1CCCCC/C=C\[C@@H]2C[C@@]2(P(=O)(O)Cc2ccccc2)NC(=O)[C@@H]2CCCN2C1=O. The molecule has 0 aromatic heterocycles. The van der Waals surface area contributed by atoms with Crippen molar-refractivity contribution in [3.63, 3.8) is 0 Å². The van der Waals surface area contributed by atoms with Gasteiger partial charge < -0.3 is 20.4 Å². The highest BCUT2D eigenvalue weighted by Gasteiger charge is 2.65. The van der Waals surface area contributed by atoms with Gasteiger partial charge in [-0.25, -0.2) is 0 Å². The Kier molecular flexibility index (Phi) is 9.45. The van der Waals surface area contributed by atoms with Crippen LogP contribution < -0.4 is 10.6 Å². The van der Waals surface area contributed by atoms with E-state index in [4.69, 9.17) is 0 Å². The maximum atomic E-state index is 13.8. The average Bonchev–Trinajstić information content (AvgIpc) is 3.37. The van der Waals surface area contributed by atoms with E-state index in [2.05, 4.69) is 10.6 Å². The normalized spacial score (nSPS) is 30.1. The molecule has 40 heavy (non-hydrogen) atoms. The van der Waals surface area contributed by atoms with Crippen LogP contribution >= 0.6 is 7.37 Å². The van der Waals surface area contributed by atoms with Crippen molar-refractivity contribution in [1.29, 1.82) is 0 Å². The maximum Gasteiger partial charge on any atom is 0.389 e. The Labute approximate surface area is 232 Å². The summed E-state index contributed by atoms with van der Waals surface area (Å²) in [5, 5.41) is 4.01. The van der Waals surface area contributed by atoms with Crippen LogP contribution in [-0.2, 0) is 25.1 Å². The second kappa shape index (κ2) is 12.5. The van der Waals surface area contributed by atoms with E-state index < -0.39 is 61.5 Å². The van der Waals surface area contributed by atoms with Crippen molar-refractivity contribution in [2.75, 3.05) is 6.54 Å². The second-order valence-corrected chi connectivity index (χ2v) is 13.6. The largest absolute Gasteiger partial charge is 0.389 e. The lowest BCUT2D eigenvalue weighted by Crippen LogP contribution is -2.55. The van der Waals surface area contributed by atoms with Gasteiger partial charge in [0.05, 0.1) is 12.6 Å². The fourth-order valence-electron chi connectivity index (χ4n) is 5.74. The van der Waals surface area contributed by atoms with E-state index >= 15 is 0 Å². The van der Waals surface area contributed by atoms with Crippen LogP contribution in [0.3, 0.4) is 0 Å². The van der Waals surface area contributed by atoms with Crippen molar-refractivity contribution in [2.24, 2.45) is 5.92 Å². The molecule has 3 aliphatic rings. The van der Waals surface area contributed by atoms with Crippen molar-refractivity contribution in [3.05, 3.63) is 48.0 Å². The van der Waals surface area contributed by atoms with E-state index in [0.29, 0.717) is 37.7 Å². The molecule has 2 aliphatic heterocycles. The van der Waals surface area contributed by atoms with Crippen LogP contribution in [0.15, 0.2) is 42.5 Å². The molecular weight excluding hydrogens is 546 g/mol. The first kappa shape index (κ1) is 30.3. The Balaban J connectivity index is 1.55. The van der Waals surface area contributed by atoms with Gasteiger partial charge in [0.15, 0.2) is 0 Å². The van der Waals surface area contributed by atoms with Gasteiger partial charge in [0, 0.05) is 18.9 Å². The number of halogens is 3. The highest BCUT2D eigenvalue weighted by molar-refractivity contribution is 7.59. The minimum atomic E-state index is -4.49. The number of fused-ring (bicyclic) bond motifs is 2. The molecule has 3 amide bonds. The molecule has 12 heteroatoms. The minimum Gasteiger partial charge on any atom is -0.344 e. The summed E-state index contributed by atoms with van der Waals surface area (Å²) < 4.78 is 51.7. The number of rotatable bonds is 6. The minimum absolute atomic E-state index is 0.0994. The van der Waals surface area contributed by atoms with Crippen LogP contribution in [0.4, 0.5) is 13.2 Å². The zero-order valence-electron chi connectivity index (χ0n) is 22.4. The van der Waals surface area contributed by atoms with Gasteiger partial charge in [-0.15, -0.1) is 0 Å². The summed E-state index contributed by atoms with van der Waals surface area (Å²) in [6.07, 6.45) is 1.41. The van der Waals surface area contributed by atoms with Gasteiger partial charge in [0.1, 0.15) is 17.4 Å². The predicted molar refractivity (Wildman–Crippen MR) is 143 cm³/mol. The Hall–Kier alpha value is -2.65. The first-order valence-electron chi connectivity index (χ1n) is 13.9. The zero-order valence-corrected chi connectivity index (χ0v) is 23.3. The standard InChI is InChI=1S/C28H37F3N3O5P/c29-28(30,31)16-15-24(35)32-22-13-8-3-1-2-7-12-21-18-27(21,40(38,39)19-20-10-5-4-6-11-20)33-25(36)23-14-9-17-34(23)26(22)37/h4-7,10-12,21-23H,1-3,8-9,13-19H2,(H,32,35)(H,33,36)(H,38,39)/b12-7-/t21-,22?,23+,27+/m1/s1. The molecule has 0 spiro atoms. The van der Waals surface area contributed by atoms with E-state index in [1.165, 1.54) is 4.90 Å². The number of carbonyl (C=O) groups is 3. The fraction of sp³-hybridized carbons (Fsp3) is 0.607. The molecule has 0 bridgehead atoms. The lowest BCUT2D eigenvalue weighted by molar-refractivity contribution is -0.146. The fourth-order valence-corrected chi connectivity index (χ4v) is 8.09. The molecular formula is C28H37F3N3O5P. The monoisotopic (exact) mass is 583 g/mol. The van der Waals surface area contributed by atoms with Crippen molar-refractivity contribution in [2.45, 2.75) is 93.9 Å². The number of hydrogen-bond donors (Lipinski definition) is 3. The molecule has 220 valence electrons. The summed E-state index contributed by atoms with van der Waals surface area (Å²) in [5.74, 6) is -2.21. The molecule has 1 aromatic rings. The molecule has 2 fully saturated rings. The van der Waals surface area contributed by atoms with Gasteiger partial charge in [-0.05, 0) is 44.1 Å². The predicted octanol–water partition coefficient (Wildman–Crippen LogP) is 4.63. The second-order valence-electron chi connectivity index (χ2n) is 11.1. The van der Waals surface area contributed by atoms with Crippen molar-refractivity contribution < 1.29 is 37.0 Å². The van der Waals surface area contributed by atoms with Gasteiger partial charge in [0.25, 0.3) is 0 Å². The number of carbonyl (C=O) groups excluding carboxylic acids is 3. The van der Waals surface area contributed by atoms with Gasteiger partial charge in [-0.2, -0.15) is 13.2 Å². The molecule has 0 radical (unpaired) electrons. The topological polar surface area (TPSA) is 116 Å². The average molecular weight is 584 g/mol. The highest BCUT2D eigenvalue weighted by atomic mass is 31.2. The van der Waals surface area contributed by atoms with Crippen LogP contribution in [0.1, 0.15) is 69.8 Å². The van der Waals surface area contributed by atoms with E-state index in [9.17, 15) is 37.0 Å². The number of nitrogens with zero attached hydrogens (tertiary/aromatic N) is 1. The van der Waals surface area contributed by atoms with Crippen LogP contribution in [0.5, 0.6) is 0 Å².